The number of carbonyl (C=O) groups is 3. The van der Waals surface area contributed by atoms with Crippen molar-refractivity contribution in [3.05, 3.63) is 29.3 Å². The summed E-state index contributed by atoms with van der Waals surface area (Å²) in [6.07, 6.45) is 1.86. The van der Waals surface area contributed by atoms with Crippen LogP contribution in [0.1, 0.15) is 30.4 Å². The number of ether oxygens (including phenoxy) is 1. The summed E-state index contributed by atoms with van der Waals surface area (Å²) in [5.74, 6) is -0.353. The molecule has 0 spiro atoms. The fourth-order valence-corrected chi connectivity index (χ4v) is 5.27. The molecule has 4 amide bonds. The lowest BCUT2D eigenvalue weighted by Crippen LogP contribution is -2.62. The summed E-state index contributed by atoms with van der Waals surface area (Å²) in [6, 6.07) is 5.86. The molecule has 1 saturated carbocycles. The van der Waals surface area contributed by atoms with Crippen LogP contribution in [0, 0.1) is 25.7 Å². The standard InChI is InChI=1S/C24H34N4O4/c1-16-4-5-17(2)21(14-16)26-8-10-27(11-9-26)22(29)18-6-7-19-20(15-18)25-24(31)28(23(19)30)12-13-32-3/h4-5,14,18-20H,6-13,15H2,1-3H3,(H,25,31). The summed E-state index contributed by atoms with van der Waals surface area (Å²) in [4.78, 5) is 44.0. The van der Waals surface area contributed by atoms with Gasteiger partial charge in [0.05, 0.1) is 19.1 Å². The van der Waals surface area contributed by atoms with Crippen LogP contribution in [0.5, 0.6) is 0 Å². The van der Waals surface area contributed by atoms with Gasteiger partial charge in [-0.15, -0.1) is 0 Å². The van der Waals surface area contributed by atoms with Gasteiger partial charge < -0.3 is 19.9 Å². The van der Waals surface area contributed by atoms with E-state index in [9.17, 15) is 14.4 Å². The molecule has 3 unspecified atom stereocenters. The number of hydrogen-bond donors (Lipinski definition) is 1. The minimum atomic E-state index is -0.372. The Hall–Kier alpha value is -2.61. The van der Waals surface area contributed by atoms with Gasteiger partial charge in [0.1, 0.15) is 0 Å². The van der Waals surface area contributed by atoms with Crippen molar-refractivity contribution in [1.29, 1.82) is 0 Å². The molecule has 1 aliphatic carbocycles. The minimum Gasteiger partial charge on any atom is -0.383 e. The number of hydrogen-bond acceptors (Lipinski definition) is 5. The predicted molar refractivity (Wildman–Crippen MR) is 121 cm³/mol. The van der Waals surface area contributed by atoms with Crippen LogP contribution >= 0.6 is 0 Å². The second-order valence-electron chi connectivity index (χ2n) is 9.26. The van der Waals surface area contributed by atoms with E-state index in [4.69, 9.17) is 4.74 Å². The number of aryl methyl sites for hydroxylation is 2. The zero-order chi connectivity index (χ0) is 22.8. The molecule has 0 aromatic heterocycles. The average Bonchev–Trinajstić information content (AvgIpc) is 2.80. The lowest BCUT2D eigenvalue weighted by molar-refractivity contribution is -0.143. The highest BCUT2D eigenvalue weighted by molar-refractivity contribution is 5.99. The highest BCUT2D eigenvalue weighted by atomic mass is 16.5. The Kier molecular flexibility index (Phi) is 6.69. The molecular formula is C24H34N4O4. The van der Waals surface area contributed by atoms with Gasteiger partial charge in [0.25, 0.3) is 0 Å². The Morgan fingerprint density at radius 1 is 1.12 bits per heavy atom. The molecule has 3 fully saturated rings. The smallest absolute Gasteiger partial charge is 0.324 e. The molecule has 8 nitrogen and oxygen atoms in total. The van der Waals surface area contributed by atoms with Crippen molar-refractivity contribution in [3.8, 4) is 0 Å². The fraction of sp³-hybridized carbons (Fsp3) is 0.625. The molecule has 3 atom stereocenters. The molecular weight excluding hydrogens is 408 g/mol. The minimum absolute atomic E-state index is 0.135. The van der Waals surface area contributed by atoms with Crippen LogP contribution in [-0.2, 0) is 14.3 Å². The van der Waals surface area contributed by atoms with Gasteiger partial charge in [0.15, 0.2) is 0 Å². The van der Waals surface area contributed by atoms with Crippen LogP contribution in [0.4, 0.5) is 10.5 Å². The molecule has 2 heterocycles. The Morgan fingerprint density at radius 2 is 1.88 bits per heavy atom. The quantitative estimate of drug-likeness (QED) is 0.754. The van der Waals surface area contributed by atoms with E-state index in [1.54, 1.807) is 7.11 Å². The maximum atomic E-state index is 13.2. The van der Waals surface area contributed by atoms with E-state index >= 15 is 0 Å². The van der Waals surface area contributed by atoms with E-state index in [0.29, 0.717) is 39.0 Å². The highest BCUT2D eigenvalue weighted by Gasteiger charge is 2.45. The van der Waals surface area contributed by atoms with Crippen LogP contribution in [-0.4, -0.2) is 80.1 Å². The third-order valence-corrected chi connectivity index (χ3v) is 7.15. The van der Waals surface area contributed by atoms with Crippen molar-refractivity contribution in [2.45, 2.75) is 39.2 Å². The number of carbonyl (C=O) groups excluding carboxylic acids is 3. The third-order valence-electron chi connectivity index (χ3n) is 7.15. The van der Waals surface area contributed by atoms with Gasteiger partial charge >= 0.3 is 6.03 Å². The lowest BCUT2D eigenvalue weighted by Gasteiger charge is -2.43. The predicted octanol–water partition coefficient (Wildman–Crippen LogP) is 1.94. The molecule has 0 radical (unpaired) electrons. The second-order valence-corrected chi connectivity index (χ2v) is 9.26. The average molecular weight is 443 g/mol. The first kappa shape index (κ1) is 22.6. The van der Waals surface area contributed by atoms with Crippen LogP contribution < -0.4 is 10.2 Å². The van der Waals surface area contributed by atoms with Crippen LogP contribution in [0.15, 0.2) is 18.2 Å². The molecule has 0 bridgehead atoms. The zero-order valence-corrected chi connectivity index (χ0v) is 19.3. The number of piperazine rings is 1. The van der Waals surface area contributed by atoms with E-state index < -0.39 is 0 Å². The van der Waals surface area contributed by atoms with Crippen LogP contribution in [0.2, 0.25) is 0 Å². The number of rotatable bonds is 5. The van der Waals surface area contributed by atoms with E-state index in [2.05, 4.69) is 42.3 Å². The first-order valence-electron chi connectivity index (χ1n) is 11.6. The maximum absolute atomic E-state index is 13.2. The molecule has 174 valence electrons. The van der Waals surface area contributed by atoms with Crippen molar-refractivity contribution in [1.82, 2.24) is 15.1 Å². The number of methoxy groups -OCH3 is 1. The largest absolute Gasteiger partial charge is 0.383 e. The Balaban J connectivity index is 1.33. The normalized spacial score (nSPS) is 26.1. The first-order chi connectivity index (χ1) is 15.4. The second kappa shape index (κ2) is 9.48. The van der Waals surface area contributed by atoms with Gasteiger partial charge in [0, 0.05) is 50.9 Å². The number of amides is 4. The van der Waals surface area contributed by atoms with Crippen LogP contribution in [0.3, 0.4) is 0 Å². The van der Waals surface area contributed by atoms with Crippen molar-refractivity contribution < 1.29 is 19.1 Å². The Morgan fingerprint density at radius 3 is 2.59 bits per heavy atom. The Labute approximate surface area is 189 Å². The molecule has 2 aliphatic heterocycles. The van der Waals surface area contributed by atoms with Gasteiger partial charge in [-0.1, -0.05) is 12.1 Å². The fourth-order valence-electron chi connectivity index (χ4n) is 5.27. The van der Waals surface area contributed by atoms with Gasteiger partial charge in [-0.25, -0.2) is 4.79 Å². The summed E-state index contributed by atoms with van der Waals surface area (Å²) in [5.41, 5.74) is 3.75. The van der Waals surface area contributed by atoms with Crippen molar-refractivity contribution in [2.75, 3.05) is 51.3 Å². The van der Waals surface area contributed by atoms with Gasteiger partial charge in [-0.05, 0) is 50.3 Å². The van der Waals surface area contributed by atoms with Gasteiger partial charge in [0.2, 0.25) is 11.8 Å². The zero-order valence-electron chi connectivity index (χ0n) is 19.3. The van der Waals surface area contributed by atoms with Crippen molar-refractivity contribution in [3.63, 3.8) is 0 Å². The number of nitrogens with one attached hydrogen (secondary N) is 1. The molecule has 1 N–H and O–H groups in total. The van der Waals surface area contributed by atoms with E-state index in [0.717, 1.165) is 13.1 Å². The number of benzene rings is 1. The van der Waals surface area contributed by atoms with Crippen molar-refractivity contribution >= 4 is 23.5 Å². The van der Waals surface area contributed by atoms with E-state index in [-0.39, 0.29) is 42.3 Å². The Bertz CT molecular complexity index is 881. The number of anilines is 1. The molecule has 1 aromatic rings. The topological polar surface area (TPSA) is 82.2 Å². The molecule has 4 rings (SSSR count). The van der Waals surface area contributed by atoms with E-state index in [1.165, 1.54) is 21.7 Å². The molecule has 1 aromatic carbocycles. The van der Waals surface area contributed by atoms with Gasteiger partial charge in [-0.2, -0.15) is 0 Å². The van der Waals surface area contributed by atoms with Gasteiger partial charge in [-0.3, -0.25) is 14.5 Å². The third kappa shape index (κ3) is 4.46. The monoisotopic (exact) mass is 442 g/mol. The van der Waals surface area contributed by atoms with E-state index in [1.807, 2.05) is 4.90 Å². The molecule has 2 saturated heterocycles. The lowest BCUT2D eigenvalue weighted by atomic mass is 9.76. The summed E-state index contributed by atoms with van der Waals surface area (Å²) in [5, 5.41) is 2.97. The van der Waals surface area contributed by atoms with Crippen LogP contribution in [0.25, 0.3) is 0 Å². The molecule has 3 aliphatic rings. The number of fused-ring (bicyclic) bond motifs is 1. The number of nitrogens with zero attached hydrogens (tertiary/aromatic N) is 3. The summed E-state index contributed by atoms with van der Waals surface area (Å²) in [6.45, 7) is 7.85. The number of imide groups is 1. The SMILES string of the molecule is COCCN1C(=O)NC2CC(C(=O)N3CCN(c4cc(C)ccc4C)CC3)CCC2C1=O. The summed E-state index contributed by atoms with van der Waals surface area (Å²) in [7, 11) is 1.55. The maximum Gasteiger partial charge on any atom is 0.324 e. The first-order valence-corrected chi connectivity index (χ1v) is 11.6. The molecule has 32 heavy (non-hydrogen) atoms. The summed E-state index contributed by atoms with van der Waals surface area (Å²) >= 11 is 0. The number of urea groups is 1. The van der Waals surface area contributed by atoms with Crippen molar-refractivity contribution in [2.24, 2.45) is 11.8 Å². The highest BCUT2D eigenvalue weighted by Crippen LogP contribution is 2.34. The summed E-state index contributed by atoms with van der Waals surface area (Å²) < 4.78 is 5.01. The molecule has 8 heteroatoms.